The Bertz CT molecular complexity index is 533. The lowest BCUT2D eigenvalue weighted by molar-refractivity contribution is -0.130. The highest BCUT2D eigenvalue weighted by molar-refractivity contribution is 5.88. The van der Waals surface area contributed by atoms with E-state index in [1.165, 1.54) is 11.0 Å². The molecule has 1 aliphatic rings. The number of carbonyl (C=O) groups is 2. The van der Waals surface area contributed by atoms with Crippen molar-refractivity contribution in [1.82, 2.24) is 4.90 Å². The molecule has 2 unspecified atom stereocenters. The van der Waals surface area contributed by atoms with Gasteiger partial charge in [0.15, 0.2) is 0 Å². The fourth-order valence-corrected chi connectivity index (χ4v) is 2.30. The van der Waals surface area contributed by atoms with Crippen molar-refractivity contribution >= 4 is 11.8 Å². The zero-order valence-electron chi connectivity index (χ0n) is 10.4. The molecule has 0 radical (unpaired) electrons. The molecule has 4 nitrogen and oxygen atoms in total. The van der Waals surface area contributed by atoms with Gasteiger partial charge in [0.2, 0.25) is 11.8 Å². The second-order valence-electron chi connectivity index (χ2n) is 4.69. The first kappa shape index (κ1) is 13.5. The number of likely N-dealkylation sites (tertiary alicyclic amines) is 1. The van der Waals surface area contributed by atoms with E-state index in [1.807, 2.05) is 0 Å². The van der Waals surface area contributed by atoms with Crippen molar-refractivity contribution in [2.45, 2.75) is 19.4 Å². The van der Waals surface area contributed by atoms with Crippen molar-refractivity contribution < 1.29 is 18.4 Å². The van der Waals surface area contributed by atoms with E-state index in [0.29, 0.717) is 0 Å². The van der Waals surface area contributed by atoms with Gasteiger partial charge < -0.3 is 10.6 Å². The standard InChI is InChI=1S/C13H14F2N2O2/c1-7(10-3-2-9(14)5-11(10)15)17-6-8(13(16)19)4-12(17)18/h2-3,5,7-8H,4,6H2,1H3,(H2,16,19). The molecule has 1 fully saturated rings. The molecule has 1 saturated heterocycles. The summed E-state index contributed by atoms with van der Waals surface area (Å²) < 4.78 is 26.5. The SMILES string of the molecule is CC(c1ccc(F)cc1F)N1CC(C(N)=O)CC1=O. The van der Waals surface area contributed by atoms with E-state index in [4.69, 9.17) is 5.73 Å². The van der Waals surface area contributed by atoms with Gasteiger partial charge in [0.05, 0.1) is 12.0 Å². The monoisotopic (exact) mass is 268 g/mol. The quantitative estimate of drug-likeness (QED) is 0.899. The molecule has 0 aliphatic carbocycles. The van der Waals surface area contributed by atoms with Gasteiger partial charge in [-0.1, -0.05) is 6.07 Å². The van der Waals surface area contributed by atoms with Crippen LogP contribution in [-0.2, 0) is 9.59 Å². The zero-order chi connectivity index (χ0) is 14.2. The maximum atomic E-state index is 13.7. The third kappa shape index (κ3) is 2.57. The summed E-state index contributed by atoms with van der Waals surface area (Å²) in [5.74, 6) is -2.71. The highest BCUT2D eigenvalue weighted by atomic mass is 19.1. The summed E-state index contributed by atoms with van der Waals surface area (Å²) in [6.45, 7) is 1.81. The van der Waals surface area contributed by atoms with Crippen molar-refractivity contribution in [1.29, 1.82) is 0 Å². The Labute approximate surface area is 109 Å². The fraction of sp³-hybridized carbons (Fsp3) is 0.385. The third-order valence-electron chi connectivity index (χ3n) is 3.44. The predicted molar refractivity (Wildman–Crippen MR) is 63.8 cm³/mol. The average molecular weight is 268 g/mol. The molecule has 1 aromatic carbocycles. The molecule has 2 N–H and O–H groups in total. The number of halogens is 2. The molecule has 102 valence electrons. The van der Waals surface area contributed by atoms with Gasteiger partial charge in [0, 0.05) is 24.6 Å². The Morgan fingerprint density at radius 1 is 1.47 bits per heavy atom. The molecule has 2 atom stereocenters. The fourth-order valence-electron chi connectivity index (χ4n) is 2.30. The first-order valence-electron chi connectivity index (χ1n) is 5.94. The molecular weight excluding hydrogens is 254 g/mol. The molecule has 19 heavy (non-hydrogen) atoms. The topological polar surface area (TPSA) is 63.4 Å². The van der Waals surface area contributed by atoms with Crippen molar-refractivity contribution in [3.63, 3.8) is 0 Å². The van der Waals surface area contributed by atoms with Gasteiger partial charge in [-0.25, -0.2) is 8.78 Å². The summed E-state index contributed by atoms with van der Waals surface area (Å²) in [5.41, 5.74) is 5.39. The van der Waals surface area contributed by atoms with Gasteiger partial charge in [-0.3, -0.25) is 9.59 Å². The lowest BCUT2D eigenvalue weighted by Gasteiger charge is -2.25. The average Bonchev–Trinajstić information content (AvgIpc) is 2.71. The van der Waals surface area contributed by atoms with Crippen LogP contribution in [0.3, 0.4) is 0 Å². The van der Waals surface area contributed by atoms with Crippen LogP contribution in [0.4, 0.5) is 8.78 Å². The van der Waals surface area contributed by atoms with E-state index in [0.717, 1.165) is 12.1 Å². The molecule has 1 heterocycles. The van der Waals surface area contributed by atoms with Crippen LogP contribution < -0.4 is 5.73 Å². The van der Waals surface area contributed by atoms with E-state index in [2.05, 4.69) is 0 Å². The summed E-state index contributed by atoms with van der Waals surface area (Å²) >= 11 is 0. The number of nitrogens with zero attached hydrogens (tertiary/aromatic N) is 1. The molecule has 1 aliphatic heterocycles. The normalized spacial score (nSPS) is 20.7. The van der Waals surface area contributed by atoms with E-state index >= 15 is 0 Å². The molecular formula is C13H14F2N2O2. The van der Waals surface area contributed by atoms with Crippen molar-refractivity contribution in [2.75, 3.05) is 6.54 Å². The molecule has 2 rings (SSSR count). The molecule has 2 amide bonds. The number of rotatable bonds is 3. The molecule has 0 aromatic heterocycles. The molecule has 0 spiro atoms. The van der Waals surface area contributed by atoms with E-state index in [9.17, 15) is 18.4 Å². The lowest BCUT2D eigenvalue weighted by Crippen LogP contribution is -2.31. The van der Waals surface area contributed by atoms with Crippen molar-refractivity contribution in [2.24, 2.45) is 11.7 Å². The van der Waals surface area contributed by atoms with Crippen LogP contribution in [0.5, 0.6) is 0 Å². The number of amides is 2. The number of nitrogens with two attached hydrogens (primary N) is 1. The number of carbonyl (C=O) groups excluding carboxylic acids is 2. The third-order valence-corrected chi connectivity index (χ3v) is 3.44. The summed E-state index contributed by atoms with van der Waals surface area (Å²) in [6.07, 6.45) is 0.0441. The lowest BCUT2D eigenvalue weighted by atomic mass is 10.1. The molecule has 0 bridgehead atoms. The molecule has 1 aromatic rings. The Hall–Kier alpha value is -1.98. The summed E-state index contributed by atoms with van der Waals surface area (Å²) in [5, 5.41) is 0. The van der Waals surface area contributed by atoms with Crippen LogP contribution in [0.15, 0.2) is 18.2 Å². The number of hydrogen-bond acceptors (Lipinski definition) is 2. The van der Waals surface area contributed by atoms with Gasteiger partial charge in [0.1, 0.15) is 11.6 Å². The Morgan fingerprint density at radius 3 is 2.68 bits per heavy atom. The van der Waals surface area contributed by atoms with Crippen LogP contribution in [0.1, 0.15) is 24.9 Å². The first-order valence-corrected chi connectivity index (χ1v) is 5.94. The van der Waals surface area contributed by atoms with Crippen LogP contribution in [0.25, 0.3) is 0 Å². The zero-order valence-corrected chi connectivity index (χ0v) is 10.4. The minimum atomic E-state index is -0.706. The maximum Gasteiger partial charge on any atom is 0.223 e. The van der Waals surface area contributed by atoms with Gasteiger partial charge in [0.25, 0.3) is 0 Å². The summed E-state index contributed by atoms with van der Waals surface area (Å²) in [7, 11) is 0. The van der Waals surface area contributed by atoms with Crippen LogP contribution in [-0.4, -0.2) is 23.3 Å². The van der Waals surface area contributed by atoms with Gasteiger partial charge >= 0.3 is 0 Å². The second-order valence-corrected chi connectivity index (χ2v) is 4.69. The Kier molecular flexibility index (Phi) is 3.50. The first-order chi connectivity index (χ1) is 8.90. The Balaban J connectivity index is 2.22. The highest BCUT2D eigenvalue weighted by Gasteiger charge is 2.36. The van der Waals surface area contributed by atoms with Gasteiger partial charge in [-0.05, 0) is 13.0 Å². The van der Waals surface area contributed by atoms with Crippen LogP contribution >= 0.6 is 0 Å². The summed E-state index contributed by atoms with van der Waals surface area (Å²) in [6, 6.07) is 2.66. The molecule has 6 heteroatoms. The van der Waals surface area contributed by atoms with E-state index < -0.39 is 29.5 Å². The van der Waals surface area contributed by atoms with E-state index in [1.54, 1.807) is 6.92 Å². The smallest absolute Gasteiger partial charge is 0.223 e. The highest BCUT2D eigenvalue weighted by Crippen LogP contribution is 2.29. The van der Waals surface area contributed by atoms with Crippen molar-refractivity contribution in [3.8, 4) is 0 Å². The number of primary amides is 1. The second kappa shape index (κ2) is 4.95. The van der Waals surface area contributed by atoms with Crippen LogP contribution in [0, 0.1) is 17.6 Å². The van der Waals surface area contributed by atoms with Crippen LogP contribution in [0.2, 0.25) is 0 Å². The number of benzene rings is 1. The largest absolute Gasteiger partial charge is 0.369 e. The van der Waals surface area contributed by atoms with Gasteiger partial charge in [-0.15, -0.1) is 0 Å². The minimum absolute atomic E-state index is 0.0441. The minimum Gasteiger partial charge on any atom is -0.369 e. The van der Waals surface area contributed by atoms with E-state index in [-0.39, 0.29) is 24.4 Å². The maximum absolute atomic E-state index is 13.7. The predicted octanol–water partition coefficient (Wildman–Crippen LogP) is 1.36. The number of hydrogen-bond donors (Lipinski definition) is 1. The molecule has 0 saturated carbocycles. The Morgan fingerprint density at radius 2 is 2.16 bits per heavy atom. The summed E-state index contributed by atoms with van der Waals surface area (Å²) in [4.78, 5) is 24.3. The van der Waals surface area contributed by atoms with Gasteiger partial charge in [-0.2, -0.15) is 0 Å². The van der Waals surface area contributed by atoms with Crippen molar-refractivity contribution in [3.05, 3.63) is 35.4 Å².